The summed E-state index contributed by atoms with van der Waals surface area (Å²) in [4.78, 5) is 29.5. The van der Waals surface area contributed by atoms with Gasteiger partial charge in [0.15, 0.2) is 0 Å². The predicted molar refractivity (Wildman–Crippen MR) is 111 cm³/mol. The normalized spacial score (nSPS) is 16.4. The molecule has 0 radical (unpaired) electrons. The fraction of sp³-hybridized carbons (Fsp3) is 0.333. The van der Waals surface area contributed by atoms with Gasteiger partial charge in [0.1, 0.15) is 0 Å². The maximum absolute atomic E-state index is 12.7. The van der Waals surface area contributed by atoms with Crippen molar-refractivity contribution in [2.75, 3.05) is 39.8 Å². The van der Waals surface area contributed by atoms with Gasteiger partial charge in [-0.05, 0) is 43.4 Å². The minimum atomic E-state index is -0.287. The Morgan fingerprint density at radius 3 is 2.18 bits per heavy atom. The summed E-state index contributed by atoms with van der Waals surface area (Å²) in [7, 11) is 2.08. The third-order valence-corrected chi connectivity index (χ3v) is 5.13. The zero-order valence-electron chi connectivity index (χ0n) is 15.9. The van der Waals surface area contributed by atoms with Gasteiger partial charge in [-0.3, -0.25) is 14.5 Å². The van der Waals surface area contributed by atoms with Gasteiger partial charge in [-0.1, -0.05) is 29.8 Å². The molecule has 7 heteroatoms. The molecule has 1 fully saturated rings. The van der Waals surface area contributed by atoms with Crippen LogP contribution in [0.1, 0.15) is 20.7 Å². The van der Waals surface area contributed by atoms with Gasteiger partial charge in [-0.15, -0.1) is 0 Å². The first-order valence-electron chi connectivity index (χ1n) is 9.35. The summed E-state index contributed by atoms with van der Waals surface area (Å²) in [6, 6.07) is 15.8. The van der Waals surface area contributed by atoms with Crippen molar-refractivity contribution in [1.82, 2.24) is 20.4 Å². The topological polar surface area (TPSA) is 64.7 Å². The number of carbonyl (C=O) groups is 2. The Morgan fingerprint density at radius 2 is 1.54 bits per heavy atom. The van der Waals surface area contributed by atoms with Crippen LogP contribution in [-0.2, 0) is 0 Å². The van der Waals surface area contributed by atoms with E-state index in [2.05, 4.69) is 27.5 Å². The minimum Gasteiger partial charge on any atom is -0.349 e. The Labute approximate surface area is 170 Å². The third kappa shape index (κ3) is 5.55. The number of nitrogens with zero attached hydrogens (tertiary/aromatic N) is 2. The van der Waals surface area contributed by atoms with Crippen molar-refractivity contribution in [3.8, 4) is 0 Å². The first kappa shape index (κ1) is 20.3. The number of piperazine rings is 1. The lowest BCUT2D eigenvalue weighted by atomic mass is 10.2. The highest BCUT2D eigenvalue weighted by Gasteiger charge is 2.25. The van der Waals surface area contributed by atoms with Gasteiger partial charge in [0.2, 0.25) is 0 Å². The molecule has 3 rings (SSSR count). The van der Waals surface area contributed by atoms with Crippen LogP contribution in [0.25, 0.3) is 0 Å². The molecule has 1 aliphatic rings. The minimum absolute atomic E-state index is 0.152. The van der Waals surface area contributed by atoms with Gasteiger partial charge in [0, 0.05) is 42.3 Å². The molecule has 28 heavy (non-hydrogen) atoms. The summed E-state index contributed by atoms with van der Waals surface area (Å²) in [5.74, 6) is -0.338. The van der Waals surface area contributed by atoms with E-state index < -0.39 is 0 Å². The van der Waals surface area contributed by atoms with Crippen LogP contribution in [0, 0.1) is 0 Å². The van der Waals surface area contributed by atoms with Crippen LogP contribution < -0.4 is 10.6 Å². The van der Waals surface area contributed by atoms with E-state index in [1.165, 1.54) is 0 Å². The summed E-state index contributed by atoms with van der Waals surface area (Å²) >= 11 is 5.91. The summed E-state index contributed by atoms with van der Waals surface area (Å²) in [6.07, 6.45) is -0.287. The molecule has 0 aromatic heterocycles. The molecule has 1 atom stereocenters. The van der Waals surface area contributed by atoms with E-state index in [1.54, 1.807) is 36.4 Å². The van der Waals surface area contributed by atoms with Crippen molar-refractivity contribution in [1.29, 1.82) is 0 Å². The Kier molecular flexibility index (Phi) is 7.03. The molecular weight excluding hydrogens is 376 g/mol. The lowest BCUT2D eigenvalue weighted by Crippen LogP contribution is -2.59. The number of likely N-dealkylation sites (N-methyl/N-ethyl adjacent to an activating group) is 1. The van der Waals surface area contributed by atoms with E-state index in [9.17, 15) is 9.59 Å². The van der Waals surface area contributed by atoms with E-state index in [4.69, 9.17) is 11.6 Å². The number of hydrogen-bond donors (Lipinski definition) is 2. The van der Waals surface area contributed by atoms with E-state index in [-0.39, 0.29) is 18.0 Å². The number of hydrogen-bond acceptors (Lipinski definition) is 4. The van der Waals surface area contributed by atoms with Crippen molar-refractivity contribution < 1.29 is 9.59 Å². The molecule has 2 N–H and O–H groups in total. The van der Waals surface area contributed by atoms with Crippen molar-refractivity contribution in [2.45, 2.75) is 6.17 Å². The smallest absolute Gasteiger partial charge is 0.252 e. The maximum Gasteiger partial charge on any atom is 0.252 e. The highest BCUT2D eigenvalue weighted by molar-refractivity contribution is 6.30. The SMILES string of the molecule is CN1CCN(C(CNC(=O)c2ccccc2)NC(=O)c2ccc(Cl)cc2)CC1. The van der Waals surface area contributed by atoms with Crippen molar-refractivity contribution >= 4 is 23.4 Å². The average Bonchev–Trinajstić information content (AvgIpc) is 2.72. The molecule has 0 bridgehead atoms. The Hall–Kier alpha value is -2.41. The third-order valence-electron chi connectivity index (χ3n) is 4.87. The molecule has 0 saturated carbocycles. The average molecular weight is 401 g/mol. The number of amides is 2. The zero-order valence-corrected chi connectivity index (χ0v) is 16.7. The zero-order chi connectivity index (χ0) is 19.9. The largest absolute Gasteiger partial charge is 0.349 e. The fourth-order valence-electron chi connectivity index (χ4n) is 3.12. The summed E-state index contributed by atoms with van der Waals surface area (Å²) < 4.78 is 0. The van der Waals surface area contributed by atoms with Crippen LogP contribution in [0.3, 0.4) is 0 Å². The predicted octanol–water partition coefficient (Wildman–Crippen LogP) is 2.07. The molecule has 1 aliphatic heterocycles. The van der Waals surface area contributed by atoms with E-state index >= 15 is 0 Å². The van der Waals surface area contributed by atoms with E-state index in [0.29, 0.717) is 22.7 Å². The second kappa shape index (κ2) is 9.68. The molecule has 6 nitrogen and oxygen atoms in total. The molecule has 1 heterocycles. The quantitative estimate of drug-likeness (QED) is 0.779. The van der Waals surface area contributed by atoms with Crippen molar-refractivity contribution in [2.24, 2.45) is 0 Å². The number of halogens is 1. The number of benzene rings is 2. The van der Waals surface area contributed by atoms with Gasteiger partial charge in [0.25, 0.3) is 11.8 Å². The highest BCUT2D eigenvalue weighted by atomic mass is 35.5. The first-order chi connectivity index (χ1) is 13.5. The van der Waals surface area contributed by atoms with Crippen molar-refractivity contribution in [3.63, 3.8) is 0 Å². The van der Waals surface area contributed by atoms with Crippen LogP contribution in [0.2, 0.25) is 5.02 Å². The molecular formula is C21H25ClN4O2. The van der Waals surface area contributed by atoms with Gasteiger partial charge < -0.3 is 15.5 Å². The monoisotopic (exact) mass is 400 g/mol. The molecule has 1 saturated heterocycles. The van der Waals surface area contributed by atoms with Gasteiger partial charge >= 0.3 is 0 Å². The molecule has 148 valence electrons. The Morgan fingerprint density at radius 1 is 0.929 bits per heavy atom. The summed E-state index contributed by atoms with van der Waals surface area (Å²) in [5, 5.41) is 6.58. The van der Waals surface area contributed by atoms with Crippen LogP contribution in [-0.4, -0.2) is 67.6 Å². The molecule has 0 aliphatic carbocycles. The lowest BCUT2D eigenvalue weighted by molar-refractivity contribution is 0.0692. The number of carbonyl (C=O) groups excluding carboxylic acids is 2. The number of rotatable bonds is 6. The first-order valence-corrected chi connectivity index (χ1v) is 9.73. The van der Waals surface area contributed by atoms with Gasteiger partial charge in [-0.25, -0.2) is 0 Å². The van der Waals surface area contributed by atoms with Crippen LogP contribution >= 0.6 is 11.6 Å². The summed E-state index contributed by atoms with van der Waals surface area (Å²) in [6.45, 7) is 3.81. The molecule has 2 aromatic rings. The molecule has 2 aromatic carbocycles. The molecule has 2 amide bonds. The fourth-order valence-corrected chi connectivity index (χ4v) is 3.25. The molecule has 0 spiro atoms. The highest BCUT2D eigenvalue weighted by Crippen LogP contribution is 2.10. The van der Waals surface area contributed by atoms with Gasteiger partial charge in [0.05, 0.1) is 12.7 Å². The van der Waals surface area contributed by atoms with Crippen LogP contribution in [0.5, 0.6) is 0 Å². The second-order valence-electron chi connectivity index (χ2n) is 6.91. The van der Waals surface area contributed by atoms with E-state index in [0.717, 1.165) is 26.2 Å². The van der Waals surface area contributed by atoms with Gasteiger partial charge in [-0.2, -0.15) is 0 Å². The summed E-state index contributed by atoms with van der Waals surface area (Å²) in [5.41, 5.74) is 1.14. The Balaban J connectivity index is 1.66. The molecule has 1 unspecified atom stereocenters. The van der Waals surface area contributed by atoms with Crippen LogP contribution in [0.4, 0.5) is 0 Å². The Bertz CT molecular complexity index is 790. The van der Waals surface area contributed by atoms with Crippen LogP contribution in [0.15, 0.2) is 54.6 Å². The lowest BCUT2D eigenvalue weighted by Gasteiger charge is -2.38. The van der Waals surface area contributed by atoms with Crippen molar-refractivity contribution in [3.05, 3.63) is 70.7 Å². The standard InChI is InChI=1S/C21H25ClN4O2/c1-25-11-13-26(14-12-25)19(15-23-20(27)16-5-3-2-4-6-16)24-21(28)17-7-9-18(22)10-8-17/h2-10,19H,11-15H2,1H3,(H,23,27)(H,24,28). The number of nitrogens with one attached hydrogen (secondary N) is 2. The second-order valence-corrected chi connectivity index (χ2v) is 7.35. The van der Waals surface area contributed by atoms with E-state index in [1.807, 2.05) is 18.2 Å². The maximum atomic E-state index is 12.7.